The van der Waals surface area contributed by atoms with Crippen molar-refractivity contribution in [2.45, 2.75) is 19.5 Å². The van der Waals surface area contributed by atoms with E-state index in [1.807, 2.05) is 0 Å². The molecule has 114 valence electrons. The van der Waals surface area contributed by atoms with Crippen molar-refractivity contribution < 1.29 is 27.5 Å². The number of benzene rings is 1. The molecular formula is C14H14F3NO3. The summed E-state index contributed by atoms with van der Waals surface area (Å²) in [6, 6.07) is 4.52. The van der Waals surface area contributed by atoms with Gasteiger partial charge in [-0.3, -0.25) is 9.59 Å². The molecule has 1 atom stereocenters. The van der Waals surface area contributed by atoms with E-state index in [4.69, 9.17) is 4.74 Å². The van der Waals surface area contributed by atoms with E-state index in [9.17, 15) is 22.8 Å². The van der Waals surface area contributed by atoms with Gasteiger partial charge in [0.05, 0.1) is 11.5 Å². The van der Waals surface area contributed by atoms with Crippen LogP contribution in [-0.2, 0) is 15.8 Å². The minimum atomic E-state index is -4.60. The number of esters is 1. The van der Waals surface area contributed by atoms with Crippen LogP contribution >= 0.6 is 0 Å². The van der Waals surface area contributed by atoms with Gasteiger partial charge in [-0.15, -0.1) is 0 Å². The van der Waals surface area contributed by atoms with Crippen LogP contribution in [-0.4, -0.2) is 29.9 Å². The van der Waals surface area contributed by atoms with Crippen LogP contribution in [0.3, 0.4) is 0 Å². The number of rotatable bonds is 3. The molecule has 1 amide bonds. The summed E-state index contributed by atoms with van der Waals surface area (Å²) in [5.41, 5.74) is -1.00. The molecule has 1 aromatic carbocycles. The lowest BCUT2D eigenvalue weighted by Gasteiger charge is -2.15. The predicted molar refractivity (Wildman–Crippen MR) is 67.4 cm³/mol. The minimum absolute atomic E-state index is 0.0269. The van der Waals surface area contributed by atoms with Gasteiger partial charge in [0.25, 0.3) is 0 Å². The molecule has 4 nitrogen and oxygen atoms in total. The van der Waals surface area contributed by atoms with Gasteiger partial charge in [-0.25, -0.2) is 0 Å². The van der Waals surface area contributed by atoms with Crippen molar-refractivity contribution in [1.29, 1.82) is 0 Å². The maximum atomic E-state index is 12.8. The molecule has 7 heteroatoms. The molecule has 1 aliphatic heterocycles. The van der Waals surface area contributed by atoms with Crippen LogP contribution in [0, 0.1) is 5.92 Å². The first-order chi connectivity index (χ1) is 9.82. The summed E-state index contributed by atoms with van der Waals surface area (Å²) in [7, 11) is 0. The van der Waals surface area contributed by atoms with Gasteiger partial charge >= 0.3 is 12.1 Å². The zero-order valence-electron chi connectivity index (χ0n) is 11.3. The lowest BCUT2D eigenvalue weighted by molar-refractivity contribution is -0.144. The molecule has 1 aliphatic rings. The van der Waals surface area contributed by atoms with E-state index in [0.29, 0.717) is 6.54 Å². The summed E-state index contributed by atoms with van der Waals surface area (Å²) in [4.78, 5) is 24.9. The zero-order chi connectivity index (χ0) is 15.6. The molecule has 0 radical (unpaired) electrons. The van der Waals surface area contributed by atoms with Crippen molar-refractivity contribution >= 4 is 11.9 Å². The maximum Gasteiger partial charge on any atom is 0.419 e. The minimum Gasteiger partial charge on any atom is -0.426 e. The van der Waals surface area contributed by atoms with Crippen LogP contribution < -0.4 is 4.74 Å². The molecule has 1 fully saturated rings. The smallest absolute Gasteiger partial charge is 0.419 e. The molecule has 21 heavy (non-hydrogen) atoms. The van der Waals surface area contributed by atoms with Crippen LogP contribution in [0.1, 0.15) is 18.9 Å². The number of hydrogen-bond donors (Lipinski definition) is 0. The molecule has 0 bridgehead atoms. The zero-order valence-corrected chi connectivity index (χ0v) is 11.3. The highest BCUT2D eigenvalue weighted by atomic mass is 19.4. The van der Waals surface area contributed by atoms with Gasteiger partial charge in [0.2, 0.25) is 5.91 Å². The molecule has 1 aromatic rings. The quantitative estimate of drug-likeness (QED) is 0.636. The summed E-state index contributed by atoms with van der Waals surface area (Å²) < 4.78 is 43.3. The highest BCUT2D eigenvalue weighted by Gasteiger charge is 2.38. The molecule has 0 N–H and O–H groups in total. The van der Waals surface area contributed by atoms with Gasteiger partial charge in [-0.2, -0.15) is 13.2 Å². The van der Waals surface area contributed by atoms with Crippen molar-refractivity contribution in [3.05, 3.63) is 29.8 Å². The van der Waals surface area contributed by atoms with Crippen molar-refractivity contribution in [2.75, 3.05) is 13.1 Å². The number of amides is 1. The average Bonchev–Trinajstić information content (AvgIpc) is 2.79. The second-order valence-corrected chi connectivity index (χ2v) is 4.75. The van der Waals surface area contributed by atoms with Crippen LogP contribution in [0.25, 0.3) is 0 Å². The van der Waals surface area contributed by atoms with Gasteiger partial charge in [0, 0.05) is 19.5 Å². The second-order valence-electron chi connectivity index (χ2n) is 4.75. The number of alkyl halides is 3. The summed E-state index contributed by atoms with van der Waals surface area (Å²) in [6.07, 6.45) is -4.63. The van der Waals surface area contributed by atoms with Crippen LogP contribution in [0.2, 0.25) is 0 Å². The molecule has 0 aromatic heterocycles. The first-order valence-electron chi connectivity index (χ1n) is 6.48. The van der Waals surface area contributed by atoms with E-state index >= 15 is 0 Å². The fourth-order valence-electron chi connectivity index (χ4n) is 2.22. The number of likely N-dealkylation sites (tertiary alicyclic amines) is 1. The van der Waals surface area contributed by atoms with Crippen molar-refractivity contribution in [2.24, 2.45) is 5.92 Å². The molecular weight excluding hydrogens is 287 g/mol. The number of carbonyl (C=O) groups is 2. The number of nitrogens with zero attached hydrogens (tertiary/aromatic N) is 1. The van der Waals surface area contributed by atoms with Gasteiger partial charge in [0.1, 0.15) is 5.75 Å². The number of para-hydroxylation sites is 1. The van der Waals surface area contributed by atoms with Crippen LogP contribution in [0.5, 0.6) is 5.75 Å². The molecule has 0 spiro atoms. The topological polar surface area (TPSA) is 46.6 Å². The van der Waals surface area contributed by atoms with Crippen molar-refractivity contribution in [3.8, 4) is 5.75 Å². The summed E-state index contributed by atoms with van der Waals surface area (Å²) in [5, 5.41) is 0. The Hall–Kier alpha value is -2.05. The SMILES string of the molecule is CCN1CC(C(=O)Oc2ccccc2C(F)(F)F)CC1=O. The first kappa shape index (κ1) is 15.3. The van der Waals surface area contributed by atoms with Gasteiger partial charge in [-0.05, 0) is 19.1 Å². The first-order valence-corrected chi connectivity index (χ1v) is 6.48. The third-order valence-electron chi connectivity index (χ3n) is 3.33. The van der Waals surface area contributed by atoms with Gasteiger partial charge in [-0.1, -0.05) is 12.1 Å². The molecule has 1 saturated heterocycles. The van der Waals surface area contributed by atoms with Crippen molar-refractivity contribution in [3.63, 3.8) is 0 Å². The van der Waals surface area contributed by atoms with Crippen LogP contribution in [0.4, 0.5) is 13.2 Å². The Labute approximate surface area is 119 Å². The lowest BCUT2D eigenvalue weighted by atomic mass is 10.1. The summed E-state index contributed by atoms with van der Waals surface area (Å²) in [5.74, 6) is -2.25. The highest BCUT2D eigenvalue weighted by molar-refractivity contribution is 5.87. The molecule has 0 saturated carbocycles. The molecule has 2 rings (SSSR count). The largest absolute Gasteiger partial charge is 0.426 e. The standard InChI is InChI=1S/C14H14F3NO3/c1-2-18-8-9(7-12(18)19)13(20)21-11-6-4-3-5-10(11)14(15,16)17/h3-6,9H,2,7-8H2,1H3. The van der Waals surface area contributed by atoms with Crippen LogP contribution in [0.15, 0.2) is 24.3 Å². The third kappa shape index (κ3) is 3.34. The fourth-order valence-corrected chi connectivity index (χ4v) is 2.22. The Bertz CT molecular complexity index is 557. The predicted octanol–water partition coefficient (Wildman–Crippen LogP) is 2.48. The van der Waals surface area contributed by atoms with E-state index in [1.54, 1.807) is 6.92 Å². The number of halogens is 3. The van der Waals surface area contributed by atoms with E-state index < -0.39 is 29.4 Å². The summed E-state index contributed by atoms with van der Waals surface area (Å²) in [6.45, 7) is 2.41. The van der Waals surface area contributed by atoms with Gasteiger partial charge in [0.15, 0.2) is 0 Å². The third-order valence-corrected chi connectivity index (χ3v) is 3.33. The molecule has 1 heterocycles. The number of ether oxygens (including phenoxy) is 1. The Kier molecular flexibility index (Phi) is 4.20. The molecule has 0 aliphatic carbocycles. The van der Waals surface area contributed by atoms with Crippen molar-refractivity contribution in [1.82, 2.24) is 4.90 Å². The highest BCUT2D eigenvalue weighted by Crippen LogP contribution is 2.36. The van der Waals surface area contributed by atoms with E-state index in [2.05, 4.69) is 0 Å². The normalized spacial score (nSPS) is 19.0. The Balaban J connectivity index is 2.13. The number of hydrogen-bond acceptors (Lipinski definition) is 3. The maximum absolute atomic E-state index is 12.8. The Morgan fingerprint density at radius 3 is 2.62 bits per heavy atom. The second kappa shape index (κ2) is 5.75. The lowest BCUT2D eigenvalue weighted by Crippen LogP contribution is -2.27. The monoisotopic (exact) mass is 301 g/mol. The average molecular weight is 301 g/mol. The summed E-state index contributed by atoms with van der Waals surface area (Å²) >= 11 is 0. The van der Waals surface area contributed by atoms with Gasteiger partial charge < -0.3 is 9.64 Å². The Morgan fingerprint density at radius 2 is 2.05 bits per heavy atom. The Morgan fingerprint density at radius 1 is 1.38 bits per heavy atom. The number of carbonyl (C=O) groups excluding carboxylic acids is 2. The van der Waals surface area contributed by atoms with E-state index in [1.165, 1.54) is 17.0 Å². The van der Waals surface area contributed by atoms with E-state index in [0.717, 1.165) is 12.1 Å². The fraction of sp³-hybridized carbons (Fsp3) is 0.429. The van der Waals surface area contributed by atoms with E-state index in [-0.39, 0.29) is 18.9 Å². The molecule has 1 unspecified atom stereocenters.